The number of aliphatic hydroxyl groups is 1. The lowest BCUT2D eigenvalue weighted by Crippen LogP contribution is -2.32. The van der Waals surface area contributed by atoms with Crippen LogP contribution in [-0.2, 0) is 22.8 Å². The van der Waals surface area contributed by atoms with E-state index in [1.54, 1.807) is 34.9 Å². The van der Waals surface area contributed by atoms with Gasteiger partial charge in [0.05, 0.1) is 6.10 Å². The largest absolute Gasteiger partial charge is 0.477 e. The zero-order chi connectivity index (χ0) is 28.2. The maximum absolute atomic E-state index is 12.0. The lowest BCUT2D eigenvalue weighted by Gasteiger charge is -2.18. The van der Waals surface area contributed by atoms with Crippen molar-refractivity contribution in [3.63, 3.8) is 0 Å². The summed E-state index contributed by atoms with van der Waals surface area (Å²) in [4.78, 5) is 12.0. The molecule has 0 fully saturated rings. The second kappa shape index (κ2) is 12.2. The number of hydrogen-bond acceptors (Lipinski definition) is 6. The molecular weight excluding hydrogens is 538 g/mol. The van der Waals surface area contributed by atoms with Gasteiger partial charge in [-0.05, 0) is 72.5 Å². The van der Waals surface area contributed by atoms with Crippen LogP contribution in [0.25, 0.3) is 10.9 Å². The number of sulfone groups is 1. The van der Waals surface area contributed by atoms with Crippen molar-refractivity contribution in [3.8, 4) is 0 Å². The molecule has 206 valence electrons. The van der Waals surface area contributed by atoms with E-state index >= 15 is 0 Å². The van der Waals surface area contributed by atoms with Gasteiger partial charge in [-0.3, -0.25) is 0 Å². The number of aromatic nitrogens is 1. The number of hydrogen-bond donors (Lipinski definition) is 4. The quantitative estimate of drug-likeness (QED) is 0.195. The van der Waals surface area contributed by atoms with Crippen LogP contribution in [0.5, 0.6) is 0 Å². The van der Waals surface area contributed by atoms with Crippen molar-refractivity contribution in [2.45, 2.75) is 32.0 Å². The minimum absolute atomic E-state index is 0.0760. The van der Waals surface area contributed by atoms with Crippen molar-refractivity contribution >= 4 is 44.0 Å². The Bertz CT molecular complexity index is 1570. The smallest absolute Gasteiger partial charge is 0.352 e. The molecule has 0 aliphatic heterocycles. The van der Waals surface area contributed by atoms with Gasteiger partial charge in [0.25, 0.3) is 0 Å². The maximum Gasteiger partial charge on any atom is 0.352 e. The molecule has 10 heteroatoms. The van der Waals surface area contributed by atoms with E-state index in [2.05, 4.69) is 10.6 Å². The number of anilines is 1. The molecule has 0 radical (unpaired) electrons. The zero-order valence-corrected chi connectivity index (χ0v) is 23.3. The molecule has 4 rings (SSSR count). The molecule has 1 heterocycles. The number of rotatable bonds is 12. The molecule has 39 heavy (non-hydrogen) atoms. The van der Waals surface area contributed by atoms with Gasteiger partial charge >= 0.3 is 5.97 Å². The van der Waals surface area contributed by atoms with Crippen LogP contribution in [0.2, 0.25) is 5.02 Å². The number of halogens is 1. The molecule has 4 N–H and O–H groups in total. The fourth-order valence-corrected chi connectivity index (χ4v) is 5.12. The van der Waals surface area contributed by atoms with E-state index < -0.39 is 21.9 Å². The summed E-state index contributed by atoms with van der Waals surface area (Å²) in [6.45, 7) is 2.78. The normalized spacial score (nSPS) is 13.3. The van der Waals surface area contributed by atoms with Crippen LogP contribution in [-0.4, -0.2) is 53.9 Å². The van der Waals surface area contributed by atoms with E-state index in [9.17, 15) is 23.4 Å². The van der Waals surface area contributed by atoms with Crippen molar-refractivity contribution in [3.05, 3.63) is 100 Å². The number of benzene rings is 3. The van der Waals surface area contributed by atoms with Gasteiger partial charge in [0.15, 0.2) is 9.84 Å². The molecule has 2 atom stereocenters. The molecule has 8 nitrogen and oxygen atoms in total. The topological polar surface area (TPSA) is 121 Å². The standard InChI is InChI=1S/C29H32ClN3O5S/c1-19(31-16-28(34)22-4-3-5-24(30)14-22)12-21-8-11-26-23(13-21)15-27(29(35)36)33(26)17-20-6-9-25(10-7-20)32-18-39(2,37)38/h3-11,13-15,19,28,31-32,34H,12,16-18H2,1-2H3,(H,35,36). The number of carboxylic acid groups (broad SMARTS) is 1. The van der Waals surface area contributed by atoms with E-state index in [1.165, 1.54) is 0 Å². The summed E-state index contributed by atoms with van der Waals surface area (Å²) >= 11 is 6.02. The molecule has 1 aromatic heterocycles. The fraction of sp³-hybridized carbons (Fsp3) is 0.276. The summed E-state index contributed by atoms with van der Waals surface area (Å²) in [6.07, 6.45) is 1.19. The Morgan fingerprint density at radius 3 is 2.41 bits per heavy atom. The lowest BCUT2D eigenvalue weighted by atomic mass is 10.0. The van der Waals surface area contributed by atoms with Crippen LogP contribution in [0.4, 0.5) is 5.69 Å². The van der Waals surface area contributed by atoms with Crippen molar-refractivity contribution in [1.29, 1.82) is 0 Å². The van der Waals surface area contributed by atoms with Gasteiger partial charge in [-0.25, -0.2) is 13.2 Å². The van der Waals surface area contributed by atoms with Crippen LogP contribution in [0.3, 0.4) is 0 Å². The van der Waals surface area contributed by atoms with Crippen molar-refractivity contribution in [2.75, 3.05) is 24.0 Å². The molecule has 0 saturated carbocycles. The predicted molar refractivity (Wildman–Crippen MR) is 155 cm³/mol. The van der Waals surface area contributed by atoms with Crippen LogP contribution < -0.4 is 10.6 Å². The highest BCUT2D eigenvalue weighted by Crippen LogP contribution is 2.24. The Morgan fingerprint density at radius 2 is 1.74 bits per heavy atom. The average molecular weight is 570 g/mol. The van der Waals surface area contributed by atoms with Gasteiger partial charge in [-0.1, -0.05) is 41.9 Å². The molecule has 4 aromatic rings. The van der Waals surface area contributed by atoms with Gasteiger partial charge in [0, 0.05) is 47.0 Å². The second-order valence-corrected chi connectivity index (χ2v) is 12.4. The fourth-order valence-electron chi connectivity index (χ4n) is 4.49. The number of carboxylic acids is 1. The first-order chi connectivity index (χ1) is 18.5. The Labute approximate surface area is 233 Å². The molecule has 0 amide bonds. The molecule has 2 unspecified atom stereocenters. The Hall–Kier alpha value is -3.37. The monoisotopic (exact) mass is 569 g/mol. The average Bonchev–Trinajstić information content (AvgIpc) is 3.24. The number of fused-ring (bicyclic) bond motifs is 1. The number of nitrogens with one attached hydrogen (secondary N) is 2. The third-order valence-electron chi connectivity index (χ3n) is 6.45. The highest BCUT2D eigenvalue weighted by Gasteiger charge is 2.16. The Balaban J connectivity index is 1.45. The van der Waals surface area contributed by atoms with Gasteiger partial charge in [0.2, 0.25) is 0 Å². The summed E-state index contributed by atoms with van der Waals surface area (Å²) in [5.41, 5.74) is 4.37. The number of carbonyl (C=O) groups is 1. The minimum atomic E-state index is -3.14. The summed E-state index contributed by atoms with van der Waals surface area (Å²) in [7, 11) is -3.14. The first-order valence-corrected chi connectivity index (χ1v) is 15.0. The second-order valence-electron chi connectivity index (χ2n) is 9.84. The van der Waals surface area contributed by atoms with Crippen LogP contribution in [0.15, 0.2) is 72.8 Å². The van der Waals surface area contributed by atoms with E-state index in [1.807, 2.05) is 49.4 Å². The van der Waals surface area contributed by atoms with Crippen LogP contribution in [0.1, 0.15) is 40.2 Å². The Morgan fingerprint density at radius 1 is 1.03 bits per heavy atom. The van der Waals surface area contributed by atoms with E-state index in [0.29, 0.717) is 30.2 Å². The molecular formula is C29H32ClN3O5S. The van der Waals surface area contributed by atoms with Crippen molar-refractivity contribution in [2.24, 2.45) is 0 Å². The molecule has 0 aliphatic rings. The number of nitrogens with zero attached hydrogens (tertiary/aromatic N) is 1. The highest BCUT2D eigenvalue weighted by molar-refractivity contribution is 7.90. The number of aromatic carboxylic acids is 1. The van der Waals surface area contributed by atoms with Crippen molar-refractivity contribution < 1.29 is 23.4 Å². The minimum Gasteiger partial charge on any atom is -0.477 e. The highest BCUT2D eigenvalue weighted by atomic mass is 35.5. The van der Waals surface area contributed by atoms with E-state index in [4.69, 9.17) is 11.6 Å². The maximum atomic E-state index is 12.0. The lowest BCUT2D eigenvalue weighted by molar-refractivity contribution is 0.0686. The summed E-state index contributed by atoms with van der Waals surface area (Å²) in [6, 6.07) is 22.1. The number of aliphatic hydroxyl groups excluding tert-OH is 1. The zero-order valence-electron chi connectivity index (χ0n) is 21.8. The third-order valence-corrected chi connectivity index (χ3v) is 7.36. The van der Waals surface area contributed by atoms with Gasteiger partial charge in [0.1, 0.15) is 11.6 Å². The van der Waals surface area contributed by atoms with E-state index in [0.717, 1.165) is 33.8 Å². The third kappa shape index (κ3) is 7.83. The summed E-state index contributed by atoms with van der Waals surface area (Å²) in [5.74, 6) is -1.17. The van der Waals surface area contributed by atoms with Gasteiger partial charge in [-0.15, -0.1) is 0 Å². The van der Waals surface area contributed by atoms with E-state index in [-0.39, 0.29) is 17.6 Å². The molecule has 0 aliphatic carbocycles. The molecule has 0 bridgehead atoms. The first-order valence-electron chi connectivity index (χ1n) is 12.5. The predicted octanol–water partition coefficient (Wildman–Crippen LogP) is 4.71. The summed E-state index contributed by atoms with van der Waals surface area (Å²) < 4.78 is 24.5. The van der Waals surface area contributed by atoms with Crippen LogP contribution >= 0.6 is 11.6 Å². The molecule has 0 saturated heterocycles. The Kier molecular flexibility index (Phi) is 8.97. The summed E-state index contributed by atoms with van der Waals surface area (Å²) in [5, 5.41) is 28.0. The van der Waals surface area contributed by atoms with Gasteiger partial charge in [-0.2, -0.15) is 0 Å². The SMILES string of the molecule is CC(Cc1ccc2c(c1)cc(C(=O)O)n2Cc1ccc(NCS(C)(=O)=O)cc1)NCC(O)c1cccc(Cl)c1. The first kappa shape index (κ1) is 28.6. The molecule has 3 aromatic carbocycles. The molecule has 0 spiro atoms. The van der Waals surface area contributed by atoms with Crippen molar-refractivity contribution in [1.82, 2.24) is 9.88 Å². The van der Waals surface area contributed by atoms with Gasteiger partial charge < -0.3 is 25.4 Å². The van der Waals surface area contributed by atoms with Crippen LogP contribution in [0, 0.1) is 0 Å².